The van der Waals surface area contributed by atoms with E-state index >= 15 is 0 Å². The van der Waals surface area contributed by atoms with E-state index in [1.54, 1.807) is 6.20 Å². The molecule has 2 aromatic heterocycles. The molecule has 156 valence electrons. The van der Waals surface area contributed by atoms with Gasteiger partial charge in [0.1, 0.15) is 5.69 Å². The SMILES string of the molecule is Nc1nc(-c2ccccc2)c(-c2cc(Cl)c3[nH]ncc3c2)nc1C(=O)C1CCCCC1. The van der Waals surface area contributed by atoms with Gasteiger partial charge in [-0.1, -0.05) is 61.2 Å². The number of nitrogens with one attached hydrogen (secondary N) is 1. The van der Waals surface area contributed by atoms with Crippen LogP contribution in [0, 0.1) is 5.92 Å². The van der Waals surface area contributed by atoms with Gasteiger partial charge in [-0.15, -0.1) is 0 Å². The van der Waals surface area contributed by atoms with Crippen LogP contribution in [0.1, 0.15) is 42.6 Å². The van der Waals surface area contributed by atoms with Crippen molar-refractivity contribution in [2.24, 2.45) is 5.92 Å². The highest BCUT2D eigenvalue weighted by Gasteiger charge is 2.27. The number of ketones is 1. The Kier molecular flexibility index (Phi) is 5.16. The number of benzene rings is 2. The summed E-state index contributed by atoms with van der Waals surface area (Å²) >= 11 is 6.50. The fourth-order valence-corrected chi connectivity index (χ4v) is 4.61. The number of aromatic amines is 1. The van der Waals surface area contributed by atoms with E-state index in [9.17, 15) is 4.79 Å². The zero-order valence-corrected chi connectivity index (χ0v) is 17.7. The molecule has 0 spiro atoms. The number of H-pyrrole nitrogens is 1. The minimum absolute atomic E-state index is 0.0129. The molecule has 4 aromatic rings. The standard InChI is InChI=1S/C24H22ClN5O/c25-18-12-16(11-17-13-27-30-19(17)18)21-20(14-7-3-1-4-8-14)29-24(26)22(28-21)23(31)15-9-5-2-6-10-15/h1,3-4,7-8,11-13,15H,2,5-6,9-10H2,(H2,26,29)(H,27,30). The predicted molar refractivity (Wildman–Crippen MR) is 123 cm³/mol. The third kappa shape index (κ3) is 3.68. The number of nitrogens with two attached hydrogens (primary N) is 1. The molecule has 0 amide bonds. The Morgan fingerprint density at radius 3 is 2.52 bits per heavy atom. The van der Waals surface area contributed by atoms with Crippen molar-refractivity contribution in [3.8, 4) is 22.5 Å². The second-order valence-corrected chi connectivity index (χ2v) is 8.42. The van der Waals surface area contributed by atoms with Gasteiger partial charge in [0.25, 0.3) is 0 Å². The maximum absolute atomic E-state index is 13.3. The number of nitrogens with zero attached hydrogens (tertiary/aromatic N) is 3. The van der Waals surface area contributed by atoms with Crippen LogP contribution in [0.5, 0.6) is 0 Å². The van der Waals surface area contributed by atoms with Gasteiger partial charge in [-0.25, -0.2) is 9.97 Å². The molecule has 7 heteroatoms. The van der Waals surface area contributed by atoms with E-state index in [0.29, 0.717) is 16.4 Å². The predicted octanol–water partition coefficient (Wildman–Crippen LogP) is 5.69. The van der Waals surface area contributed by atoms with Gasteiger partial charge < -0.3 is 5.73 Å². The lowest BCUT2D eigenvalue weighted by atomic mass is 9.85. The lowest BCUT2D eigenvalue weighted by Crippen LogP contribution is -2.21. The molecule has 0 bridgehead atoms. The monoisotopic (exact) mass is 431 g/mol. The summed E-state index contributed by atoms with van der Waals surface area (Å²) in [6, 6.07) is 13.5. The Bertz CT molecular complexity index is 1260. The second kappa shape index (κ2) is 8.12. The average Bonchev–Trinajstić information content (AvgIpc) is 3.29. The molecule has 3 N–H and O–H groups in total. The molecule has 2 heterocycles. The van der Waals surface area contributed by atoms with Gasteiger partial charge in [-0.2, -0.15) is 5.10 Å². The summed E-state index contributed by atoms with van der Waals surface area (Å²) in [6.07, 6.45) is 6.76. The molecule has 0 saturated heterocycles. The lowest BCUT2D eigenvalue weighted by Gasteiger charge is -2.21. The Labute approximate surface area is 184 Å². The summed E-state index contributed by atoms with van der Waals surface area (Å²) in [4.78, 5) is 22.7. The number of hydrogen-bond acceptors (Lipinski definition) is 5. The number of nitrogen functional groups attached to an aromatic ring is 1. The van der Waals surface area contributed by atoms with E-state index in [4.69, 9.17) is 22.3 Å². The van der Waals surface area contributed by atoms with Gasteiger partial charge in [-0.05, 0) is 25.0 Å². The van der Waals surface area contributed by atoms with Crippen molar-refractivity contribution in [1.82, 2.24) is 20.2 Å². The first-order chi connectivity index (χ1) is 15.1. The van der Waals surface area contributed by atoms with Crippen LogP contribution in [-0.4, -0.2) is 25.9 Å². The Morgan fingerprint density at radius 1 is 1.00 bits per heavy atom. The number of Topliss-reactive ketones (excluding diaryl/α,β-unsaturated/α-hetero) is 1. The van der Waals surface area contributed by atoms with Crippen LogP contribution in [0.4, 0.5) is 5.82 Å². The fraction of sp³-hybridized carbons (Fsp3) is 0.250. The van der Waals surface area contributed by atoms with Gasteiger partial charge in [-0.3, -0.25) is 9.89 Å². The van der Waals surface area contributed by atoms with Gasteiger partial charge in [0.05, 0.1) is 28.1 Å². The maximum Gasteiger partial charge on any atom is 0.188 e. The first kappa shape index (κ1) is 19.7. The van der Waals surface area contributed by atoms with E-state index in [2.05, 4.69) is 15.2 Å². The molecule has 1 saturated carbocycles. The highest BCUT2D eigenvalue weighted by molar-refractivity contribution is 6.35. The number of rotatable bonds is 4. The summed E-state index contributed by atoms with van der Waals surface area (Å²) in [6.45, 7) is 0. The first-order valence-electron chi connectivity index (χ1n) is 10.5. The van der Waals surface area contributed by atoms with Crippen molar-refractivity contribution in [3.63, 3.8) is 0 Å². The summed E-state index contributed by atoms with van der Waals surface area (Å²) in [5.41, 5.74) is 10.1. The molecule has 31 heavy (non-hydrogen) atoms. The number of aromatic nitrogens is 4. The Morgan fingerprint density at radius 2 is 1.74 bits per heavy atom. The van der Waals surface area contributed by atoms with E-state index in [-0.39, 0.29) is 23.2 Å². The number of halogens is 1. The van der Waals surface area contributed by atoms with E-state index < -0.39 is 0 Å². The van der Waals surface area contributed by atoms with Gasteiger partial charge in [0.2, 0.25) is 0 Å². The van der Waals surface area contributed by atoms with Crippen LogP contribution in [0.3, 0.4) is 0 Å². The molecular formula is C24H22ClN5O. The van der Waals surface area contributed by atoms with Crippen LogP contribution in [0.15, 0.2) is 48.7 Å². The summed E-state index contributed by atoms with van der Waals surface area (Å²) < 4.78 is 0. The molecule has 1 fully saturated rings. The van der Waals surface area contributed by atoms with Crippen molar-refractivity contribution in [2.45, 2.75) is 32.1 Å². The molecular weight excluding hydrogens is 410 g/mol. The van der Waals surface area contributed by atoms with Crippen LogP contribution in [-0.2, 0) is 0 Å². The van der Waals surface area contributed by atoms with E-state index in [0.717, 1.165) is 47.7 Å². The highest BCUT2D eigenvalue weighted by Crippen LogP contribution is 2.36. The highest BCUT2D eigenvalue weighted by atomic mass is 35.5. The van der Waals surface area contributed by atoms with Crippen LogP contribution >= 0.6 is 11.6 Å². The summed E-state index contributed by atoms with van der Waals surface area (Å²) in [5, 5.41) is 8.37. The summed E-state index contributed by atoms with van der Waals surface area (Å²) in [5.74, 6) is 0.121. The topological polar surface area (TPSA) is 97.6 Å². The van der Waals surface area contributed by atoms with Crippen molar-refractivity contribution in [3.05, 3.63) is 59.4 Å². The number of hydrogen-bond donors (Lipinski definition) is 2. The third-order valence-corrected chi connectivity index (χ3v) is 6.25. The molecule has 1 aliphatic carbocycles. The number of fused-ring (bicyclic) bond motifs is 1. The second-order valence-electron chi connectivity index (χ2n) is 8.01. The smallest absolute Gasteiger partial charge is 0.188 e. The largest absolute Gasteiger partial charge is 0.382 e. The van der Waals surface area contributed by atoms with Crippen molar-refractivity contribution in [1.29, 1.82) is 0 Å². The molecule has 2 aromatic carbocycles. The summed E-state index contributed by atoms with van der Waals surface area (Å²) in [7, 11) is 0. The number of carbonyl (C=O) groups excluding carboxylic acids is 1. The number of carbonyl (C=O) groups is 1. The van der Waals surface area contributed by atoms with Crippen molar-refractivity contribution < 1.29 is 4.79 Å². The van der Waals surface area contributed by atoms with Crippen LogP contribution < -0.4 is 5.73 Å². The third-order valence-electron chi connectivity index (χ3n) is 5.95. The van der Waals surface area contributed by atoms with Gasteiger partial charge >= 0.3 is 0 Å². The van der Waals surface area contributed by atoms with E-state index in [1.165, 1.54) is 6.42 Å². The minimum Gasteiger partial charge on any atom is -0.382 e. The molecule has 0 atom stereocenters. The molecule has 5 rings (SSSR count). The van der Waals surface area contributed by atoms with Gasteiger partial charge in [0.15, 0.2) is 11.6 Å². The Balaban J connectivity index is 1.70. The minimum atomic E-state index is -0.0410. The van der Waals surface area contributed by atoms with E-state index in [1.807, 2.05) is 42.5 Å². The van der Waals surface area contributed by atoms with Gasteiger partial charge in [0, 0.05) is 22.4 Å². The molecule has 0 unspecified atom stereocenters. The quantitative estimate of drug-likeness (QED) is 0.405. The Hall–Kier alpha value is -3.25. The van der Waals surface area contributed by atoms with Crippen LogP contribution in [0.25, 0.3) is 33.4 Å². The molecule has 1 aliphatic rings. The zero-order valence-electron chi connectivity index (χ0n) is 16.9. The van der Waals surface area contributed by atoms with Crippen LogP contribution in [0.2, 0.25) is 5.02 Å². The molecule has 6 nitrogen and oxygen atoms in total. The average molecular weight is 432 g/mol. The normalized spacial score (nSPS) is 14.7. The molecule has 0 radical (unpaired) electrons. The molecule has 0 aliphatic heterocycles. The fourth-order valence-electron chi connectivity index (χ4n) is 4.34. The zero-order chi connectivity index (χ0) is 21.4. The maximum atomic E-state index is 13.3. The number of anilines is 1. The van der Waals surface area contributed by atoms with Crippen molar-refractivity contribution in [2.75, 3.05) is 5.73 Å². The lowest BCUT2D eigenvalue weighted by molar-refractivity contribution is 0.0885. The first-order valence-corrected chi connectivity index (χ1v) is 10.9. The van der Waals surface area contributed by atoms with Crippen molar-refractivity contribution >= 4 is 34.1 Å².